The number of ether oxygens (including phenoxy) is 4. The van der Waals surface area contributed by atoms with Gasteiger partial charge in [-0.3, -0.25) is 4.79 Å². The molecule has 6 unspecified atom stereocenters. The summed E-state index contributed by atoms with van der Waals surface area (Å²) in [5.41, 5.74) is 0. The van der Waals surface area contributed by atoms with E-state index >= 15 is 0 Å². The molecule has 0 spiro atoms. The smallest absolute Gasteiger partial charge is 0.306 e. The molecule has 49 heavy (non-hydrogen) atoms. The molecule has 0 aromatic heterocycles. The van der Waals surface area contributed by atoms with E-state index in [0.717, 1.165) is 32.1 Å². The topological polar surface area (TPSA) is 135 Å². The van der Waals surface area contributed by atoms with Crippen LogP contribution in [0.3, 0.4) is 0 Å². The van der Waals surface area contributed by atoms with Crippen molar-refractivity contribution in [1.29, 1.82) is 0 Å². The van der Waals surface area contributed by atoms with Crippen molar-refractivity contribution in [2.24, 2.45) is 0 Å². The zero-order valence-electron chi connectivity index (χ0n) is 31.5. The second-order valence-corrected chi connectivity index (χ2v) is 14.1. The molecule has 0 saturated carbocycles. The molecule has 0 aromatic rings. The van der Waals surface area contributed by atoms with Crippen LogP contribution in [-0.4, -0.2) is 89.6 Å². The lowest BCUT2D eigenvalue weighted by Crippen LogP contribution is -2.59. The standard InChI is InChI=1S/C40H76O9/c1-3-5-7-9-11-13-14-15-16-17-18-19-20-21-22-23-25-27-29-36(42)48-34(32-46-30-28-26-24-12-10-8-6-4-2)33-47-40-39(45)38(44)37(43)35(31-41)49-40/h16-17,34-35,37-41,43-45H,3-15,18-33H2,1-2H3/b17-16-. The first-order valence-electron chi connectivity index (χ1n) is 20.3. The maximum absolute atomic E-state index is 12.7. The summed E-state index contributed by atoms with van der Waals surface area (Å²) in [5.74, 6) is -0.318. The molecule has 9 nitrogen and oxygen atoms in total. The Morgan fingerprint density at radius 2 is 1.12 bits per heavy atom. The number of carbonyl (C=O) groups is 1. The first-order chi connectivity index (χ1) is 23.9. The SMILES string of the molecule is CCCCCCCCC/C=C\CCCCCCCCCC(=O)OC(COCCCCCCCCCC)COC1OC(CO)C(O)C(O)C1O. The molecule has 0 aromatic carbocycles. The summed E-state index contributed by atoms with van der Waals surface area (Å²) in [4.78, 5) is 12.7. The van der Waals surface area contributed by atoms with Crippen LogP contribution in [0, 0.1) is 0 Å². The van der Waals surface area contributed by atoms with Crippen molar-refractivity contribution in [2.45, 2.75) is 211 Å². The Bertz CT molecular complexity index is 762. The monoisotopic (exact) mass is 701 g/mol. The lowest BCUT2D eigenvalue weighted by atomic mass is 9.99. The summed E-state index contributed by atoms with van der Waals surface area (Å²) in [5, 5.41) is 39.9. The summed E-state index contributed by atoms with van der Waals surface area (Å²) in [7, 11) is 0. The van der Waals surface area contributed by atoms with Gasteiger partial charge < -0.3 is 39.4 Å². The molecule has 0 radical (unpaired) electrons. The Balaban J connectivity index is 2.25. The summed E-state index contributed by atoms with van der Waals surface area (Å²) in [6.45, 7) is 4.53. The van der Waals surface area contributed by atoms with Crippen LogP contribution in [0.2, 0.25) is 0 Å². The van der Waals surface area contributed by atoms with Gasteiger partial charge in [-0.15, -0.1) is 0 Å². The lowest BCUT2D eigenvalue weighted by Gasteiger charge is -2.39. The normalized spacial score (nSPS) is 21.8. The van der Waals surface area contributed by atoms with Crippen LogP contribution in [0.15, 0.2) is 12.2 Å². The number of allylic oxidation sites excluding steroid dienone is 2. The molecule has 1 fully saturated rings. The van der Waals surface area contributed by atoms with Gasteiger partial charge in [-0.25, -0.2) is 0 Å². The highest BCUT2D eigenvalue weighted by Gasteiger charge is 2.44. The summed E-state index contributed by atoms with van der Waals surface area (Å²) in [6.07, 6.45) is 26.7. The fourth-order valence-corrected chi connectivity index (χ4v) is 6.19. The fourth-order valence-electron chi connectivity index (χ4n) is 6.19. The third-order valence-corrected chi connectivity index (χ3v) is 9.43. The summed E-state index contributed by atoms with van der Waals surface area (Å²) < 4.78 is 22.7. The van der Waals surface area contributed by atoms with Gasteiger partial charge in [-0.05, 0) is 38.5 Å². The van der Waals surface area contributed by atoms with Crippen molar-refractivity contribution in [2.75, 3.05) is 26.4 Å². The molecule has 1 heterocycles. The Morgan fingerprint density at radius 3 is 1.65 bits per heavy atom. The largest absolute Gasteiger partial charge is 0.457 e. The average Bonchev–Trinajstić information content (AvgIpc) is 3.10. The van der Waals surface area contributed by atoms with E-state index in [-0.39, 0.29) is 19.2 Å². The minimum Gasteiger partial charge on any atom is -0.457 e. The van der Waals surface area contributed by atoms with Gasteiger partial charge in [0.1, 0.15) is 30.5 Å². The zero-order valence-corrected chi connectivity index (χ0v) is 31.5. The van der Waals surface area contributed by atoms with E-state index in [1.54, 1.807) is 0 Å². The van der Waals surface area contributed by atoms with E-state index in [0.29, 0.717) is 13.0 Å². The number of aliphatic hydroxyl groups is 4. The van der Waals surface area contributed by atoms with Gasteiger partial charge >= 0.3 is 5.97 Å². The maximum atomic E-state index is 12.7. The van der Waals surface area contributed by atoms with Crippen molar-refractivity contribution in [1.82, 2.24) is 0 Å². The Hall–Kier alpha value is -1.07. The Kier molecular flexibility index (Phi) is 30.8. The second-order valence-electron chi connectivity index (χ2n) is 14.1. The number of carbonyl (C=O) groups excluding carboxylic acids is 1. The van der Waals surface area contributed by atoms with Crippen LogP contribution in [0.1, 0.15) is 174 Å². The van der Waals surface area contributed by atoms with Crippen molar-refractivity contribution >= 4 is 5.97 Å². The lowest BCUT2D eigenvalue weighted by molar-refractivity contribution is -0.305. The van der Waals surface area contributed by atoms with Gasteiger partial charge in [-0.2, -0.15) is 0 Å². The van der Waals surface area contributed by atoms with Crippen LogP contribution in [0.25, 0.3) is 0 Å². The summed E-state index contributed by atoms with van der Waals surface area (Å²) >= 11 is 0. The minimum atomic E-state index is -1.53. The Labute approximate surface area is 299 Å². The second kappa shape index (κ2) is 32.8. The number of hydrogen-bond donors (Lipinski definition) is 4. The maximum Gasteiger partial charge on any atom is 0.306 e. The van der Waals surface area contributed by atoms with Gasteiger partial charge in [0.25, 0.3) is 0 Å². The Morgan fingerprint density at radius 1 is 0.633 bits per heavy atom. The summed E-state index contributed by atoms with van der Waals surface area (Å²) in [6, 6.07) is 0. The molecule has 0 aliphatic carbocycles. The molecule has 4 N–H and O–H groups in total. The molecule has 9 heteroatoms. The van der Waals surface area contributed by atoms with E-state index in [9.17, 15) is 25.2 Å². The van der Waals surface area contributed by atoms with Crippen molar-refractivity contribution in [3.8, 4) is 0 Å². The van der Waals surface area contributed by atoms with Crippen molar-refractivity contribution in [3.05, 3.63) is 12.2 Å². The average molecular weight is 701 g/mol. The van der Waals surface area contributed by atoms with Gasteiger partial charge in [0.2, 0.25) is 0 Å². The highest BCUT2D eigenvalue weighted by Crippen LogP contribution is 2.22. The quantitative estimate of drug-likeness (QED) is 0.0299. The number of hydrogen-bond acceptors (Lipinski definition) is 9. The molecule has 1 rings (SSSR count). The van der Waals surface area contributed by atoms with Crippen LogP contribution < -0.4 is 0 Å². The van der Waals surface area contributed by atoms with E-state index < -0.39 is 43.4 Å². The molecule has 0 amide bonds. The van der Waals surface area contributed by atoms with Gasteiger partial charge in [0.05, 0.1) is 19.8 Å². The molecule has 0 bridgehead atoms. The number of unbranched alkanes of at least 4 members (excludes halogenated alkanes) is 21. The predicted octanol–water partition coefficient (Wildman–Crippen LogP) is 8.08. The molecule has 1 aliphatic heterocycles. The highest BCUT2D eigenvalue weighted by atomic mass is 16.7. The first-order valence-corrected chi connectivity index (χ1v) is 20.3. The van der Waals surface area contributed by atoms with E-state index in [1.807, 2.05) is 0 Å². The molecule has 6 atom stereocenters. The molecule has 1 saturated heterocycles. The van der Waals surface area contributed by atoms with Gasteiger partial charge in [-0.1, -0.05) is 142 Å². The van der Waals surface area contributed by atoms with E-state index in [1.165, 1.54) is 122 Å². The number of aliphatic hydroxyl groups excluding tert-OH is 4. The van der Waals surface area contributed by atoms with Crippen LogP contribution in [-0.2, 0) is 23.7 Å². The predicted molar refractivity (Wildman–Crippen MR) is 196 cm³/mol. The molecule has 290 valence electrons. The third-order valence-electron chi connectivity index (χ3n) is 9.43. The zero-order chi connectivity index (χ0) is 35.8. The first kappa shape index (κ1) is 46.0. The van der Waals surface area contributed by atoms with E-state index in [2.05, 4.69) is 26.0 Å². The van der Waals surface area contributed by atoms with Crippen molar-refractivity contribution in [3.63, 3.8) is 0 Å². The molecule has 1 aliphatic rings. The minimum absolute atomic E-state index is 0.111. The van der Waals surface area contributed by atoms with Crippen LogP contribution >= 0.6 is 0 Å². The van der Waals surface area contributed by atoms with E-state index in [4.69, 9.17) is 18.9 Å². The van der Waals surface area contributed by atoms with Crippen LogP contribution in [0.4, 0.5) is 0 Å². The van der Waals surface area contributed by atoms with Gasteiger partial charge in [0, 0.05) is 13.0 Å². The fraction of sp³-hybridized carbons (Fsp3) is 0.925. The molecular formula is C40H76O9. The highest BCUT2D eigenvalue weighted by molar-refractivity contribution is 5.69. The molecular weight excluding hydrogens is 624 g/mol. The van der Waals surface area contributed by atoms with Crippen LogP contribution in [0.5, 0.6) is 0 Å². The van der Waals surface area contributed by atoms with Gasteiger partial charge in [0.15, 0.2) is 6.29 Å². The van der Waals surface area contributed by atoms with Crippen molar-refractivity contribution < 1.29 is 44.2 Å². The number of esters is 1. The third kappa shape index (κ3) is 24.7. The number of rotatable bonds is 34.